The predicted octanol–water partition coefficient (Wildman–Crippen LogP) is 2.71. The molecule has 0 aliphatic rings. The van der Waals surface area contributed by atoms with Crippen molar-refractivity contribution < 1.29 is 19.4 Å². The molecule has 1 rings (SSSR count). The van der Waals surface area contributed by atoms with Crippen molar-refractivity contribution in [3.05, 3.63) is 38.9 Å². The Bertz CT molecular complexity index is 547. The average Bonchev–Trinajstić information content (AvgIpc) is 2.40. The zero-order chi connectivity index (χ0) is 15.3. The number of nitrogens with one attached hydrogen (secondary N) is 1. The monoisotopic (exact) mass is 409 g/mol. The van der Waals surface area contributed by atoms with E-state index in [1.165, 1.54) is 19.3 Å². The molecule has 1 amide bonds. The van der Waals surface area contributed by atoms with Crippen molar-refractivity contribution in [3.8, 4) is 5.75 Å². The molecule has 1 atom stereocenters. The Kier molecular flexibility index (Phi) is 6.28. The number of methoxy groups -OCH3 is 1. The second-order valence-electron chi connectivity index (χ2n) is 3.86. The van der Waals surface area contributed by atoms with Crippen molar-refractivity contribution in [2.75, 3.05) is 7.11 Å². The van der Waals surface area contributed by atoms with Crippen LogP contribution in [0.4, 0.5) is 0 Å². The maximum absolute atomic E-state index is 12.1. The number of carbonyl (C=O) groups excluding carboxylic acids is 1. The number of carboxylic acid groups (broad SMARTS) is 1. The highest BCUT2D eigenvalue weighted by Crippen LogP contribution is 2.28. The van der Waals surface area contributed by atoms with Crippen molar-refractivity contribution >= 4 is 46.1 Å². The maximum atomic E-state index is 12.1. The Labute approximate surface area is 135 Å². The summed E-state index contributed by atoms with van der Waals surface area (Å²) in [5.41, 5.74) is 0.188. The Morgan fingerprint density at radius 1 is 1.60 bits per heavy atom. The number of carbonyl (C=O) groups is 2. The molecule has 0 spiro atoms. The first-order valence-electron chi connectivity index (χ1n) is 5.58. The van der Waals surface area contributed by atoms with Crippen LogP contribution < -0.4 is 10.1 Å². The van der Waals surface area contributed by atoms with Crippen molar-refractivity contribution in [2.45, 2.75) is 12.5 Å². The summed E-state index contributed by atoms with van der Waals surface area (Å²) in [5.74, 6) is -1.36. The van der Waals surface area contributed by atoms with E-state index in [9.17, 15) is 9.59 Å². The van der Waals surface area contributed by atoms with Gasteiger partial charge < -0.3 is 15.2 Å². The minimum absolute atomic E-state index is 0.126. The average molecular weight is 410 g/mol. The van der Waals surface area contributed by atoms with Gasteiger partial charge in [-0.05, 0) is 41.1 Å². The molecule has 0 heterocycles. The lowest BCUT2D eigenvalue weighted by Crippen LogP contribution is -2.40. The van der Waals surface area contributed by atoms with E-state index in [-0.39, 0.29) is 12.0 Å². The van der Waals surface area contributed by atoms with Gasteiger partial charge in [-0.1, -0.05) is 17.7 Å². The van der Waals surface area contributed by atoms with Crippen LogP contribution in [0.3, 0.4) is 0 Å². The molecule has 5 nitrogen and oxygen atoms in total. The summed E-state index contributed by atoms with van der Waals surface area (Å²) in [6.07, 6.45) is 1.55. The third kappa shape index (κ3) is 4.11. The van der Waals surface area contributed by atoms with Gasteiger partial charge in [0.2, 0.25) is 0 Å². The summed E-state index contributed by atoms with van der Waals surface area (Å²) in [7, 11) is 1.43. The van der Waals surface area contributed by atoms with E-state index in [1.807, 2.05) is 22.6 Å². The van der Waals surface area contributed by atoms with Gasteiger partial charge in [0, 0.05) is 3.57 Å². The molecule has 2 N–H and O–H groups in total. The molecule has 0 radical (unpaired) electrons. The number of halogens is 2. The summed E-state index contributed by atoms with van der Waals surface area (Å²) in [6, 6.07) is 2.02. The minimum Gasteiger partial charge on any atom is -0.496 e. The molecule has 0 aliphatic heterocycles. The van der Waals surface area contributed by atoms with Crippen LogP contribution in [0.25, 0.3) is 0 Å². The molecule has 0 saturated heterocycles. The Morgan fingerprint density at radius 2 is 2.25 bits per heavy atom. The van der Waals surface area contributed by atoms with Crippen molar-refractivity contribution in [1.82, 2.24) is 5.32 Å². The van der Waals surface area contributed by atoms with Crippen LogP contribution in [-0.4, -0.2) is 30.1 Å². The van der Waals surface area contributed by atoms with Gasteiger partial charge >= 0.3 is 5.97 Å². The highest BCUT2D eigenvalue weighted by atomic mass is 127. The molecule has 0 saturated carbocycles. The number of hydrogen-bond donors (Lipinski definition) is 2. The number of amides is 1. The minimum atomic E-state index is -1.13. The molecule has 1 aromatic carbocycles. The van der Waals surface area contributed by atoms with Gasteiger partial charge in [-0.3, -0.25) is 4.79 Å². The van der Waals surface area contributed by atoms with Crippen LogP contribution in [0, 0.1) is 3.57 Å². The third-order valence-electron chi connectivity index (χ3n) is 2.49. The van der Waals surface area contributed by atoms with Gasteiger partial charge in [0.15, 0.2) is 0 Å². The molecule has 0 aromatic heterocycles. The number of hydrogen-bond acceptors (Lipinski definition) is 3. The summed E-state index contributed by atoms with van der Waals surface area (Å²) < 4.78 is 5.85. The second-order valence-corrected chi connectivity index (χ2v) is 5.42. The topological polar surface area (TPSA) is 75.6 Å². The Morgan fingerprint density at radius 3 is 2.75 bits per heavy atom. The van der Waals surface area contributed by atoms with E-state index in [1.54, 1.807) is 6.07 Å². The third-order valence-corrected chi connectivity index (χ3v) is 4.02. The zero-order valence-corrected chi connectivity index (χ0v) is 13.6. The quantitative estimate of drug-likeness (QED) is 0.560. The maximum Gasteiger partial charge on any atom is 0.326 e. The Hall–Kier alpha value is -1.28. The molecule has 1 unspecified atom stereocenters. The zero-order valence-electron chi connectivity index (χ0n) is 10.7. The normalized spacial score (nSPS) is 11.6. The fourth-order valence-electron chi connectivity index (χ4n) is 1.50. The van der Waals surface area contributed by atoms with Gasteiger partial charge in [-0.2, -0.15) is 0 Å². The molecule has 1 aromatic rings. The van der Waals surface area contributed by atoms with Crippen LogP contribution in [0.1, 0.15) is 16.8 Å². The molecular formula is C13H13ClINO4. The number of aliphatic carboxylic acids is 1. The Balaban J connectivity index is 3.05. The van der Waals surface area contributed by atoms with E-state index < -0.39 is 17.9 Å². The number of ether oxygens (including phenoxy) is 1. The molecule has 7 heteroatoms. The summed E-state index contributed by atoms with van der Waals surface area (Å²) in [5, 5.41) is 11.8. The number of benzene rings is 1. The highest BCUT2D eigenvalue weighted by Gasteiger charge is 2.22. The van der Waals surface area contributed by atoms with Crippen molar-refractivity contribution in [3.63, 3.8) is 0 Å². The van der Waals surface area contributed by atoms with E-state index >= 15 is 0 Å². The lowest BCUT2D eigenvalue weighted by atomic mass is 10.1. The van der Waals surface area contributed by atoms with Gasteiger partial charge in [0.25, 0.3) is 5.91 Å². The standard InChI is InChI=1S/C13H13ClINO4/c1-3-4-10(13(18)19)16-12(17)7-5-8(14)9(15)6-11(7)20-2/h3,5-6,10H,1,4H2,2H3,(H,16,17)(H,18,19). The van der Waals surface area contributed by atoms with Crippen LogP contribution in [0.2, 0.25) is 5.02 Å². The predicted molar refractivity (Wildman–Crippen MR) is 84.4 cm³/mol. The summed E-state index contributed by atoms with van der Waals surface area (Å²) in [4.78, 5) is 23.1. The van der Waals surface area contributed by atoms with E-state index in [4.69, 9.17) is 21.4 Å². The summed E-state index contributed by atoms with van der Waals surface area (Å²) >= 11 is 7.98. The van der Waals surface area contributed by atoms with E-state index in [0.29, 0.717) is 10.8 Å². The molecule has 0 bridgehead atoms. The first kappa shape index (κ1) is 16.8. The lowest BCUT2D eigenvalue weighted by molar-refractivity contribution is -0.139. The van der Waals surface area contributed by atoms with E-state index in [0.717, 1.165) is 3.57 Å². The van der Waals surface area contributed by atoms with Gasteiger partial charge in [0.1, 0.15) is 11.8 Å². The number of carboxylic acids is 1. The highest BCUT2D eigenvalue weighted by molar-refractivity contribution is 14.1. The fourth-order valence-corrected chi connectivity index (χ4v) is 2.10. The van der Waals surface area contributed by atoms with Gasteiger partial charge in [-0.15, -0.1) is 6.58 Å². The molecule has 20 heavy (non-hydrogen) atoms. The molecular weight excluding hydrogens is 397 g/mol. The first-order chi connectivity index (χ1) is 9.40. The first-order valence-corrected chi connectivity index (χ1v) is 7.04. The van der Waals surface area contributed by atoms with Crippen LogP contribution in [0.5, 0.6) is 5.75 Å². The second kappa shape index (κ2) is 7.49. The smallest absolute Gasteiger partial charge is 0.326 e. The molecule has 0 fully saturated rings. The van der Waals surface area contributed by atoms with Gasteiger partial charge in [-0.25, -0.2) is 4.79 Å². The lowest BCUT2D eigenvalue weighted by Gasteiger charge is -2.15. The largest absolute Gasteiger partial charge is 0.496 e. The van der Waals surface area contributed by atoms with Crippen LogP contribution in [-0.2, 0) is 4.79 Å². The van der Waals surface area contributed by atoms with Crippen LogP contribution >= 0.6 is 34.2 Å². The fraction of sp³-hybridized carbons (Fsp3) is 0.231. The molecule has 108 valence electrons. The van der Waals surface area contributed by atoms with Crippen molar-refractivity contribution in [2.24, 2.45) is 0 Å². The summed E-state index contributed by atoms with van der Waals surface area (Å²) in [6.45, 7) is 3.46. The van der Waals surface area contributed by atoms with Crippen LogP contribution in [0.15, 0.2) is 24.8 Å². The van der Waals surface area contributed by atoms with Gasteiger partial charge in [0.05, 0.1) is 17.7 Å². The SMILES string of the molecule is C=CCC(NC(=O)c1cc(Cl)c(I)cc1OC)C(=O)O. The van der Waals surface area contributed by atoms with E-state index in [2.05, 4.69) is 11.9 Å². The van der Waals surface area contributed by atoms with Crippen molar-refractivity contribution in [1.29, 1.82) is 0 Å². The molecule has 0 aliphatic carbocycles. The number of rotatable bonds is 6.